The normalized spacial score (nSPS) is 8.32. The summed E-state index contributed by atoms with van der Waals surface area (Å²) in [6.07, 6.45) is 4.82. The van der Waals surface area contributed by atoms with Crippen molar-refractivity contribution in [2.24, 2.45) is 0 Å². The van der Waals surface area contributed by atoms with E-state index < -0.39 is 0 Å². The Kier molecular flexibility index (Phi) is 251. The molecule has 0 N–H and O–H groups in total. The fourth-order valence-electron chi connectivity index (χ4n) is 10.7. The van der Waals surface area contributed by atoms with E-state index in [4.69, 9.17) is 0 Å². The van der Waals surface area contributed by atoms with Crippen molar-refractivity contribution in [3.05, 3.63) is 167 Å². The molecule has 43 radical (unpaired) electrons. The molecule has 5 aromatic rings. The Bertz CT molecular complexity index is 2520. The summed E-state index contributed by atoms with van der Waals surface area (Å²) in [7, 11) is 15.8. The predicted molar refractivity (Wildman–Crippen MR) is 332 cm³/mol. The molecule has 0 bridgehead atoms. The molecule has 0 aliphatic heterocycles. The Morgan fingerprint density at radius 3 is 0.584 bits per heavy atom. The van der Waals surface area contributed by atoms with Gasteiger partial charge in [0.15, 0.2) is 0 Å². The van der Waals surface area contributed by atoms with E-state index in [-0.39, 0.29) is 949 Å². The van der Waals surface area contributed by atoms with Crippen LogP contribution in [-0.4, -0.2) is 50.5 Å². The van der Waals surface area contributed by atoms with Crippen molar-refractivity contribution in [1.82, 2.24) is 0 Å². The molecule has 0 amide bonds. The van der Waals surface area contributed by atoms with Crippen LogP contribution in [0.2, 0.25) is 18.6 Å². The molecular weight excluding hydrogens is 3520 g/mol. The Labute approximate surface area is 1370 Å². The molecule has 0 heterocycles. The second-order valence-corrected chi connectivity index (χ2v) is 25.1. The number of benzene rings is 5. The third-order valence-electron chi connectivity index (χ3n) is 18.2. The Balaban J connectivity index is -0.0000000222. The summed E-state index contributed by atoms with van der Waals surface area (Å²) in [5, 5.41) is 0. The smallest absolute Gasteiger partial charge is 0.0346 e. The SMILES string of the molecule is CCC([Si])c1c(C)c(C)c(C)c(C)c1C.C[Si]CCc1c(C)c(C)c(C)c(C)c1C.Cc1c(C)c(C)c(C(C)[Si])c(C)c1C.Cc1c(C)c(C)c(CCC[Si])c(C)c1C.Cc1c(C)c(C)c(C[Si])c(C)c1C.[Y].[Y].[Y].[Y].[Y].[Y].[Y].[Y].[Y].[Y].[Y].[Y].[Y].[Y].[Y].[Y].[Y].[Y].[Y].[Y].[Y].[Y].[Y].[Y].[Y].[Y].[Y].[Y].[Y]. The molecule has 0 nitrogen and oxygen atoms in total. The quantitative estimate of drug-likeness (QED) is 0.122. The van der Waals surface area contributed by atoms with Gasteiger partial charge in [-0.05, 0) is 370 Å². The first-order valence-electron chi connectivity index (χ1n) is 27.0. The van der Waals surface area contributed by atoms with Gasteiger partial charge in [0, 0.05) is 999 Å². The summed E-state index contributed by atoms with van der Waals surface area (Å²) in [4.78, 5) is 0. The van der Waals surface area contributed by atoms with Crippen LogP contribution in [0.3, 0.4) is 0 Å². The average molecular weight is 3620 g/mol. The van der Waals surface area contributed by atoms with Gasteiger partial charge in [0.1, 0.15) is 0 Å². The number of rotatable bonds is 10. The summed E-state index contributed by atoms with van der Waals surface area (Å²) in [5.74, 6) is 0. The maximum Gasteiger partial charge on any atom is 0.0346 e. The van der Waals surface area contributed by atoms with Crippen molar-refractivity contribution < 1.29 is 949 Å². The molecule has 2 unspecified atom stereocenters. The van der Waals surface area contributed by atoms with Gasteiger partial charge in [-0.15, -0.1) is 0 Å². The van der Waals surface area contributed by atoms with Gasteiger partial charge in [-0.1, -0.05) is 45.3 Å². The zero-order valence-electron chi connectivity index (χ0n) is 68.3. The van der Waals surface area contributed by atoms with Gasteiger partial charge in [0.25, 0.3) is 0 Å². The molecule has 0 spiro atoms. The maximum atomic E-state index is 3.83. The summed E-state index contributed by atoms with van der Waals surface area (Å²) in [5.41, 5.74) is 45.1. The Morgan fingerprint density at radius 1 is 0.248 bits per heavy atom. The van der Waals surface area contributed by atoms with Gasteiger partial charge in [-0.3, -0.25) is 0 Å². The molecule has 0 saturated carbocycles. The number of hydrogen-bond donors (Lipinski definition) is 0. The van der Waals surface area contributed by atoms with Gasteiger partial charge in [-0.25, -0.2) is 0 Å². The molecule has 34 heteroatoms. The molecule has 0 aromatic heterocycles. The van der Waals surface area contributed by atoms with Gasteiger partial charge in [0.2, 0.25) is 0 Å². The summed E-state index contributed by atoms with van der Waals surface area (Å²) in [6.45, 7) is 62.6. The van der Waals surface area contributed by atoms with Crippen LogP contribution in [-0.2, 0) is 967 Å². The molecule has 5 rings (SSSR count). The zero-order valence-corrected chi connectivity index (χ0v) is 156. The van der Waals surface area contributed by atoms with Gasteiger partial charge >= 0.3 is 0 Å². The van der Waals surface area contributed by atoms with Crippen LogP contribution in [0.25, 0.3) is 0 Å². The molecule has 0 saturated heterocycles. The molecule has 0 aliphatic carbocycles. The van der Waals surface area contributed by atoms with E-state index in [1.54, 1.807) is 11.1 Å². The Morgan fingerprint density at radius 2 is 0.416 bits per heavy atom. The summed E-state index contributed by atoms with van der Waals surface area (Å²) >= 11 is 0. The molecular formula is C67H100Si5Y29. The van der Waals surface area contributed by atoms with Crippen LogP contribution in [0.4, 0.5) is 0 Å². The zero-order chi connectivity index (χ0) is 56.1. The average Bonchev–Trinajstić information content (AvgIpc) is 3.35. The second-order valence-electron chi connectivity index (χ2n) is 21.5. The Hall–Kier alpha value is 29.2. The van der Waals surface area contributed by atoms with E-state index >= 15 is 0 Å². The van der Waals surface area contributed by atoms with E-state index in [2.05, 4.69) is 234 Å². The molecule has 5 aromatic carbocycles. The van der Waals surface area contributed by atoms with Gasteiger partial charge in [-0.2, -0.15) is 0 Å². The van der Waals surface area contributed by atoms with Crippen LogP contribution >= 0.6 is 0 Å². The van der Waals surface area contributed by atoms with Crippen LogP contribution in [0.5, 0.6) is 0 Å². The van der Waals surface area contributed by atoms with E-state index in [1.807, 2.05) is 0 Å². The molecule has 475 valence electrons. The standard InChI is InChI=1S/C14H22Si.2C14H21Si.C13H19Si.C12H17Si.29Y/c1-9-10(2)12(4)14(7-8-15-6)13(5)11(9)3;1-9-10(2)12(4)14(7-6-8-15)13(5)11(9)3;1-7-13(15)14-11(5)9(3)8(2)10(4)12(14)6;1-7-8(2)10(4)13(12(6)14)11(5)9(7)3;1-7-8(2)10(4)12(6-13)11(5)9(7)3;;;;;;;;;;;;;;;;;;;;;;;;;;;;;/h7-8H2,1-6H3;6-8H2,1-5H3;13H,7H2,1-6H3;12H,1-6H3;6H2,1-5H3;;;;;;;;;;;;;;;;;;;;;;;;;;;;;. The first kappa shape index (κ1) is 212. The van der Waals surface area contributed by atoms with E-state index in [0.717, 1.165) is 28.0 Å². The van der Waals surface area contributed by atoms with E-state index in [0.29, 0.717) is 11.1 Å². The van der Waals surface area contributed by atoms with Crippen molar-refractivity contribution >= 4 is 50.5 Å². The van der Waals surface area contributed by atoms with Crippen molar-refractivity contribution in [3.63, 3.8) is 0 Å². The molecule has 0 aliphatic rings. The van der Waals surface area contributed by atoms with Crippen LogP contribution < -0.4 is 0 Å². The largest absolute Gasteiger partial charge is 0.0733 e. The first-order valence-corrected chi connectivity index (χ1v) is 31.2. The summed E-state index contributed by atoms with van der Waals surface area (Å²) in [6, 6.07) is 3.38. The van der Waals surface area contributed by atoms with Crippen molar-refractivity contribution in [2.45, 2.75) is 248 Å². The minimum absolute atomic E-state index is 0. The van der Waals surface area contributed by atoms with Crippen molar-refractivity contribution in [2.75, 3.05) is 0 Å². The van der Waals surface area contributed by atoms with Gasteiger partial charge in [0.05, 0.1) is 0 Å². The van der Waals surface area contributed by atoms with E-state index in [1.165, 1.54) is 181 Å². The molecule has 0 fully saturated rings. The second kappa shape index (κ2) is 120. The third-order valence-corrected chi connectivity index (χ3v) is 20.6. The number of hydrogen-bond acceptors (Lipinski definition) is 0. The monoisotopic (exact) mass is 3620 g/mol. The molecule has 101 heavy (non-hydrogen) atoms. The van der Waals surface area contributed by atoms with Crippen molar-refractivity contribution in [1.29, 1.82) is 0 Å². The maximum absolute atomic E-state index is 3.83. The minimum atomic E-state index is 0. The first-order chi connectivity index (χ1) is 33.3. The van der Waals surface area contributed by atoms with Gasteiger partial charge < -0.3 is 0 Å². The van der Waals surface area contributed by atoms with Crippen molar-refractivity contribution in [3.8, 4) is 0 Å². The van der Waals surface area contributed by atoms with E-state index in [9.17, 15) is 0 Å². The summed E-state index contributed by atoms with van der Waals surface area (Å²) < 4.78 is 0. The van der Waals surface area contributed by atoms with Crippen LogP contribution in [0.15, 0.2) is 0 Å². The minimum Gasteiger partial charge on any atom is -0.0733 e. The molecule has 2 atom stereocenters. The topological polar surface area (TPSA) is 0 Å². The predicted octanol–water partition coefficient (Wildman–Crippen LogP) is 17.8. The van der Waals surface area contributed by atoms with Crippen LogP contribution in [0.1, 0.15) is 205 Å². The fourth-order valence-corrected chi connectivity index (χ4v) is 12.8. The third kappa shape index (κ3) is 73.0. The fraction of sp³-hybridized carbons (Fsp3) is 0.552. The van der Waals surface area contributed by atoms with Crippen LogP contribution in [0, 0.1) is 173 Å².